The van der Waals surface area contributed by atoms with E-state index in [1.165, 1.54) is 6.07 Å². The number of rotatable bonds is 4. The molecule has 0 radical (unpaired) electrons. The lowest BCUT2D eigenvalue weighted by molar-refractivity contribution is 0.0487. The molecule has 4 rings (SSSR count). The molecule has 0 spiro atoms. The number of primary sulfonamides is 1. The average molecular weight is 396 g/mol. The second kappa shape index (κ2) is 6.85. The Bertz CT molecular complexity index is 1130. The summed E-state index contributed by atoms with van der Waals surface area (Å²) in [6.45, 7) is 0. The summed E-state index contributed by atoms with van der Waals surface area (Å²) < 4.78 is 35.7. The molecular formula is C21H20N2O4S. The van der Waals surface area contributed by atoms with Crippen LogP contribution in [0.15, 0.2) is 71.6 Å². The molecule has 1 atom stereocenters. The molecule has 0 saturated carbocycles. The van der Waals surface area contributed by atoms with E-state index in [-0.39, 0.29) is 4.90 Å². The van der Waals surface area contributed by atoms with Crippen LogP contribution in [0.25, 0.3) is 11.1 Å². The fourth-order valence-electron chi connectivity index (χ4n) is 3.14. The Hall–Kier alpha value is -3.03. The van der Waals surface area contributed by atoms with Crippen LogP contribution < -0.4 is 19.5 Å². The van der Waals surface area contributed by atoms with E-state index in [0.29, 0.717) is 22.6 Å². The van der Waals surface area contributed by atoms with Crippen molar-refractivity contribution in [3.05, 3.63) is 72.3 Å². The normalized spacial score (nSPS) is 15.5. The van der Waals surface area contributed by atoms with Crippen molar-refractivity contribution in [2.75, 3.05) is 19.0 Å². The van der Waals surface area contributed by atoms with Crippen LogP contribution >= 0.6 is 0 Å². The zero-order chi connectivity index (χ0) is 19.9. The SMILES string of the molecule is CN(C)c1ccc(C2Oc3ccc(-c4ccccc4S(N)(=O)=O)cc3O2)cc1. The molecule has 28 heavy (non-hydrogen) atoms. The number of anilines is 1. The molecule has 1 heterocycles. The van der Waals surface area contributed by atoms with E-state index < -0.39 is 16.3 Å². The van der Waals surface area contributed by atoms with Gasteiger partial charge in [0.05, 0.1) is 4.90 Å². The summed E-state index contributed by atoms with van der Waals surface area (Å²) in [5.74, 6) is 1.17. The zero-order valence-corrected chi connectivity index (χ0v) is 16.3. The van der Waals surface area contributed by atoms with E-state index in [1.807, 2.05) is 43.3 Å². The third-order valence-electron chi connectivity index (χ3n) is 4.60. The summed E-state index contributed by atoms with van der Waals surface area (Å²) in [6.07, 6.45) is -0.546. The van der Waals surface area contributed by atoms with Crippen molar-refractivity contribution < 1.29 is 17.9 Å². The summed E-state index contributed by atoms with van der Waals surface area (Å²) in [4.78, 5) is 2.09. The lowest BCUT2D eigenvalue weighted by Gasteiger charge is -2.15. The van der Waals surface area contributed by atoms with Crippen LogP contribution in [-0.2, 0) is 10.0 Å². The van der Waals surface area contributed by atoms with E-state index >= 15 is 0 Å². The second-order valence-electron chi connectivity index (χ2n) is 6.76. The molecule has 0 aromatic heterocycles. The first kappa shape index (κ1) is 18.3. The molecule has 0 aliphatic carbocycles. The van der Waals surface area contributed by atoms with Crippen molar-refractivity contribution in [3.8, 4) is 22.6 Å². The van der Waals surface area contributed by atoms with Gasteiger partial charge >= 0.3 is 0 Å². The molecule has 6 nitrogen and oxygen atoms in total. The fraction of sp³-hybridized carbons (Fsp3) is 0.143. The van der Waals surface area contributed by atoms with Crippen molar-refractivity contribution in [1.29, 1.82) is 0 Å². The molecule has 2 N–H and O–H groups in total. The quantitative estimate of drug-likeness (QED) is 0.729. The Morgan fingerprint density at radius 2 is 1.57 bits per heavy atom. The number of hydrogen-bond donors (Lipinski definition) is 1. The van der Waals surface area contributed by atoms with Gasteiger partial charge in [0.1, 0.15) is 0 Å². The topological polar surface area (TPSA) is 81.9 Å². The minimum atomic E-state index is -3.84. The summed E-state index contributed by atoms with van der Waals surface area (Å²) >= 11 is 0. The lowest BCUT2D eigenvalue weighted by atomic mass is 10.1. The van der Waals surface area contributed by atoms with Gasteiger partial charge in [-0.15, -0.1) is 0 Å². The maximum Gasteiger partial charge on any atom is 0.267 e. The molecule has 0 saturated heterocycles. The molecular weight excluding hydrogens is 376 g/mol. The van der Waals surface area contributed by atoms with Crippen LogP contribution in [0.5, 0.6) is 11.5 Å². The first-order valence-electron chi connectivity index (χ1n) is 8.70. The summed E-state index contributed by atoms with van der Waals surface area (Å²) in [6, 6.07) is 19.9. The smallest absolute Gasteiger partial charge is 0.267 e. The number of nitrogens with two attached hydrogens (primary N) is 1. The number of benzene rings is 3. The molecule has 144 valence electrons. The van der Waals surface area contributed by atoms with Gasteiger partial charge in [0.15, 0.2) is 11.5 Å². The van der Waals surface area contributed by atoms with Crippen LogP contribution in [-0.4, -0.2) is 22.5 Å². The van der Waals surface area contributed by atoms with Crippen LogP contribution in [0.2, 0.25) is 0 Å². The molecule has 1 aliphatic heterocycles. The van der Waals surface area contributed by atoms with E-state index in [2.05, 4.69) is 0 Å². The highest BCUT2D eigenvalue weighted by atomic mass is 32.2. The highest BCUT2D eigenvalue weighted by Crippen LogP contribution is 2.43. The largest absolute Gasteiger partial charge is 0.447 e. The third kappa shape index (κ3) is 3.42. The van der Waals surface area contributed by atoms with Gasteiger partial charge in [-0.1, -0.05) is 24.3 Å². The van der Waals surface area contributed by atoms with Crippen molar-refractivity contribution in [2.24, 2.45) is 5.14 Å². The van der Waals surface area contributed by atoms with Crippen molar-refractivity contribution in [3.63, 3.8) is 0 Å². The maximum absolute atomic E-state index is 11.9. The summed E-state index contributed by atoms with van der Waals surface area (Å²) in [5, 5.41) is 5.35. The van der Waals surface area contributed by atoms with Gasteiger partial charge in [-0.3, -0.25) is 0 Å². The van der Waals surface area contributed by atoms with Crippen LogP contribution in [0.3, 0.4) is 0 Å². The lowest BCUT2D eigenvalue weighted by Crippen LogP contribution is -2.13. The Morgan fingerprint density at radius 3 is 2.25 bits per heavy atom. The van der Waals surface area contributed by atoms with E-state index in [0.717, 1.165) is 11.3 Å². The Morgan fingerprint density at radius 1 is 0.893 bits per heavy atom. The molecule has 3 aromatic rings. The average Bonchev–Trinajstić information content (AvgIpc) is 3.10. The molecule has 0 bridgehead atoms. The zero-order valence-electron chi connectivity index (χ0n) is 15.5. The van der Waals surface area contributed by atoms with Gasteiger partial charge in [-0.2, -0.15) is 0 Å². The van der Waals surface area contributed by atoms with Gasteiger partial charge in [0.2, 0.25) is 10.0 Å². The maximum atomic E-state index is 11.9. The van der Waals surface area contributed by atoms with E-state index in [4.69, 9.17) is 14.6 Å². The Balaban J connectivity index is 1.64. The molecule has 0 fully saturated rings. The molecule has 3 aromatic carbocycles. The summed E-state index contributed by atoms with van der Waals surface area (Å²) in [5.41, 5.74) is 3.19. The van der Waals surface area contributed by atoms with Crippen LogP contribution in [0.4, 0.5) is 5.69 Å². The van der Waals surface area contributed by atoms with Gasteiger partial charge in [0.25, 0.3) is 6.29 Å². The van der Waals surface area contributed by atoms with Gasteiger partial charge in [0, 0.05) is 30.9 Å². The van der Waals surface area contributed by atoms with E-state index in [9.17, 15) is 8.42 Å². The predicted molar refractivity (Wildman–Crippen MR) is 108 cm³/mol. The van der Waals surface area contributed by atoms with Crippen molar-refractivity contribution in [2.45, 2.75) is 11.2 Å². The first-order chi connectivity index (χ1) is 13.3. The molecule has 0 amide bonds. The number of hydrogen-bond acceptors (Lipinski definition) is 5. The minimum absolute atomic E-state index is 0.0738. The second-order valence-corrected chi connectivity index (χ2v) is 8.29. The van der Waals surface area contributed by atoms with Gasteiger partial charge < -0.3 is 14.4 Å². The number of nitrogens with zero attached hydrogens (tertiary/aromatic N) is 1. The highest BCUT2D eigenvalue weighted by molar-refractivity contribution is 7.89. The van der Waals surface area contributed by atoms with Gasteiger partial charge in [-0.05, 0) is 48.0 Å². The summed E-state index contributed by atoms with van der Waals surface area (Å²) in [7, 11) is 0.124. The Kier molecular flexibility index (Phi) is 4.49. The molecule has 1 aliphatic rings. The number of sulfonamides is 1. The van der Waals surface area contributed by atoms with Crippen LogP contribution in [0.1, 0.15) is 11.9 Å². The minimum Gasteiger partial charge on any atom is -0.447 e. The fourth-order valence-corrected chi connectivity index (χ4v) is 3.90. The van der Waals surface area contributed by atoms with E-state index in [1.54, 1.807) is 36.4 Å². The third-order valence-corrected chi connectivity index (χ3v) is 5.57. The predicted octanol–water partition coefficient (Wildman–Crippen LogP) is 3.54. The standard InChI is InChI=1S/C21H20N2O4S/c1-23(2)16-10-7-14(8-11-16)21-26-18-12-9-15(13-19(18)27-21)17-5-3-4-6-20(17)28(22,24)25/h3-13,21H,1-2H3,(H2,22,24,25). The first-order valence-corrected chi connectivity index (χ1v) is 10.2. The highest BCUT2D eigenvalue weighted by Gasteiger charge is 2.27. The Labute approximate surface area is 164 Å². The molecule has 1 unspecified atom stereocenters. The van der Waals surface area contributed by atoms with Crippen LogP contribution in [0, 0.1) is 0 Å². The van der Waals surface area contributed by atoms with Crippen molar-refractivity contribution in [1.82, 2.24) is 0 Å². The van der Waals surface area contributed by atoms with Crippen molar-refractivity contribution >= 4 is 15.7 Å². The number of ether oxygens (including phenoxy) is 2. The monoisotopic (exact) mass is 396 g/mol. The number of fused-ring (bicyclic) bond motifs is 1. The molecule has 7 heteroatoms. The van der Waals surface area contributed by atoms with Gasteiger partial charge in [-0.25, -0.2) is 13.6 Å².